The lowest BCUT2D eigenvalue weighted by Crippen LogP contribution is -2.23. The third kappa shape index (κ3) is 4.83. The van der Waals surface area contributed by atoms with Crippen LogP contribution >= 0.6 is 0 Å². The van der Waals surface area contributed by atoms with E-state index < -0.39 is 15.8 Å². The van der Waals surface area contributed by atoms with E-state index in [1.807, 2.05) is 37.3 Å². The maximum absolute atomic E-state index is 13.0. The molecule has 1 heterocycles. The first-order valence-corrected chi connectivity index (χ1v) is 9.99. The summed E-state index contributed by atoms with van der Waals surface area (Å²) < 4.78 is 40.2. The fourth-order valence-electron chi connectivity index (χ4n) is 2.62. The van der Waals surface area contributed by atoms with Gasteiger partial charge in [0.15, 0.2) is 0 Å². The number of nitrogens with zero attached hydrogens (tertiary/aromatic N) is 2. The van der Waals surface area contributed by atoms with Crippen LogP contribution in [0.4, 0.5) is 15.9 Å². The Morgan fingerprint density at radius 2 is 1.70 bits per heavy atom. The summed E-state index contributed by atoms with van der Waals surface area (Å²) in [6.45, 7) is 3.52. The monoisotopic (exact) mass is 385 g/mol. The van der Waals surface area contributed by atoms with Gasteiger partial charge in [0.25, 0.3) is 10.0 Å². The Balaban J connectivity index is 1.73. The van der Waals surface area contributed by atoms with Gasteiger partial charge in [0.05, 0.1) is 16.8 Å². The topological polar surface area (TPSA) is 62.3 Å². The van der Waals surface area contributed by atoms with Crippen LogP contribution in [0.3, 0.4) is 0 Å². The minimum atomic E-state index is -3.79. The molecule has 1 N–H and O–H groups in total. The van der Waals surface area contributed by atoms with Gasteiger partial charge in [-0.1, -0.05) is 30.3 Å². The van der Waals surface area contributed by atoms with E-state index in [2.05, 4.69) is 14.6 Å². The molecule has 0 saturated heterocycles. The van der Waals surface area contributed by atoms with Crippen molar-refractivity contribution in [2.24, 2.45) is 0 Å². The molecule has 0 saturated carbocycles. The summed E-state index contributed by atoms with van der Waals surface area (Å²) in [5.41, 5.74) is 1.51. The van der Waals surface area contributed by atoms with Gasteiger partial charge in [-0.2, -0.15) is 0 Å². The second kappa shape index (κ2) is 8.18. The van der Waals surface area contributed by atoms with E-state index in [9.17, 15) is 12.8 Å². The molecule has 0 spiro atoms. The number of anilines is 2. The van der Waals surface area contributed by atoms with Crippen LogP contribution in [0.25, 0.3) is 0 Å². The van der Waals surface area contributed by atoms with E-state index in [4.69, 9.17) is 0 Å². The summed E-state index contributed by atoms with van der Waals surface area (Å²) in [5.74, 6) is 0.268. The Hall–Kier alpha value is -2.93. The number of rotatable bonds is 7. The number of benzene rings is 2. The van der Waals surface area contributed by atoms with Crippen molar-refractivity contribution in [3.8, 4) is 0 Å². The first-order chi connectivity index (χ1) is 13.0. The summed E-state index contributed by atoms with van der Waals surface area (Å²) >= 11 is 0. The van der Waals surface area contributed by atoms with E-state index in [1.54, 1.807) is 12.1 Å². The molecule has 0 radical (unpaired) electrons. The molecule has 140 valence electrons. The molecule has 0 atom stereocenters. The van der Waals surface area contributed by atoms with Gasteiger partial charge in [-0.3, -0.25) is 4.72 Å². The van der Waals surface area contributed by atoms with Crippen LogP contribution in [0.15, 0.2) is 77.8 Å². The maximum Gasteiger partial charge on any atom is 0.261 e. The summed E-state index contributed by atoms with van der Waals surface area (Å²) in [7, 11) is -3.79. The second-order valence-corrected chi connectivity index (χ2v) is 7.65. The highest BCUT2D eigenvalue weighted by atomic mass is 32.2. The molecule has 27 heavy (non-hydrogen) atoms. The number of hydrogen-bond donors (Lipinski definition) is 1. The smallest absolute Gasteiger partial charge is 0.261 e. The Morgan fingerprint density at radius 3 is 2.30 bits per heavy atom. The van der Waals surface area contributed by atoms with Gasteiger partial charge in [0, 0.05) is 13.1 Å². The maximum atomic E-state index is 13.0. The van der Waals surface area contributed by atoms with Crippen LogP contribution < -0.4 is 9.62 Å². The van der Waals surface area contributed by atoms with Crippen LogP contribution in [0.5, 0.6) is 0 Å². The predicted molar refractivity (Wildman–Crippen MR) is 105 cm³/mol. The molecule has 7 heteroatoms. The van der Waals surface area contributed by atoms with E-state index in [-0.39, 0.29) is 4.90 Å². The number of pyridine rings is 1. The molecule has 5 nitrogen and oxygen atoms in total. The van der Waals surface area contributed by atoms with E-state index in [0.717, 1.165) is 24.5 Å². The highest BCUT2D eigenvalue weighted by Gasteiger charge is 2.15. The van der Waals surface area contributed by atoms with Gasteiger partial charge >= 0.3 is 0 Å². The van der Waals surface area contributed by atoms with Gasteiger partial charge in [-0.15, -0.1) is 0 Å². The summed E-state index contributed by atoms with van der Waals surface area (Å²) in [6.07, 6.45) is 1.48. The van der Waals surface area contributed by atoms with Gasteiger partial charge in [0.2, 0.25) is 0 Å². The van der Waals surface area contributed by atoms with Crippen molar-refractivity contribution in [1.82, 2.24) is 4.98 Å². The average molecular weight is 385 g/mol. The second-order valence-electron chi connectivity index (χ2n) is 5.96. The molecule has 0 fully saturated rings. The van der Waals surface area contributed by atoms with E-state index >= 15 is 0 Å². The van der Waals surface area contributed by atoms with Crippen molar-refractivity contribution in [2.75, 3.05) is 16.2 Å². The van der Waals surface area contributed by atoms with Crippen molar-refractivity contribution >= 4 is 21.5 Å². The third-order valence-electron chi connectivity index (χ3n) is 4.05. The highest BCUT2D eigenvalue weighted by molar-refractivity contribution is 7.92. The van der Waals surface area contributed by atoms with E-state index in [0.29, 0.717) is 12.2 Å². The van der Waals surface area contributed by atoms with Gasteiger partial charge in [-0.05, 0) is 48.9 Å². The molecule has 0 aliphatic rings. The summed E-state index contributed by atoms with van der Waals surface area (Å²) in [4.78, 5) is 6.46. The molecular weight excluding hydrogens is 365 g/mol. The molecule has 0 aliphatic heterocycles. The third-order valence-corrected chi connectivity index (χ3v) is 5.44. The molecule has 3 rings (SSSR count). The van der Waals surface area contributed by atoms with Crippen molar-refractivity contribution < 1.29 is 12.8 Å². The number of nitrogens with one attached hydrogen (secondary N) is 1. The minimum Gasteiger partial charge on any atom is -0.353 e. The highest BCUT2D eigenvalue weighted by Crippen LogP contribution is 2.20. The van der Waals surface area contributed by atoms with Gasteiger partial charge < -0.3 is 4.90 Å². The fraction of sp³-hybridized carbons (Fsp3) is 0.150. The van der Waals surface area contributed by atoms with Crippen LogP contribution in [-0.4, -0.2) is 19.9 Å². The minimum absolute atomic E-state index is 0.00719. The number of hydrogen-bond acceptors (Lipinski definition) is 4. The molecule has 2 aromatic carbocycles. The summed E-state index contributed by atoms with van der Waals surface area (Å²) in [6, 6.07) is 18.1. The number of sulfonamides is 1. The molecular formula is C20H20FN3O2S. The lowest BCUT2D eigenvalue weighted by atomic mass is 10.2. The molecule has 0 bridgehead atoms. The Kier molecular flexibility index (Phi) is 5.71. The zero-order valence-electron chi connectivity index (χ0n) is 14.8. The fourth-order valence-corrected chi connectivity index (χ4v) is 3.66. The largest absolute Gasteiger partial charge is 0.353 e. The summed E-state index contributed by atoms with van der Waals surface area (Å²) in [5, 5.41) is 0. The molecule has 0 aliphatic carbocycles. The predicted octanol–water partition coefficient (Wildman–Crippen LogP) is 4.05. The lowest BCUT2D eigenvalue weighted by Gasteiger charge is -2.22. The van der Waals surface area contributed by atoms with Gasteiger partial charge in [-0.25, -0.2) is 17.8 Å². The van der Waals surface area contributed by atoms with Crippen LogP contribution in [-0.2, 0) is 16.6 Å². The zero-order chi connectivity index (χ0) is 19.3. The Labute approximate surface area is 158 Å². The first-order valence-electron chi connectivity index (χ1n) is 8.51. The van der Waals surface area contributed by atoms with Crippen molar-refractivity contribution in [2.45, 2.75) is 18.4 Å². The first kappa shape index (κ1) is 18.8. The molecule has 3 aromatic rings. The van der Waals surface area contributed by atoms with Crippen molar-refractivity contribution in [1.29, 1.82) is 0 Å². The zero-order valence-corrected chi connectivity index (χ0v) is 15.7. The quantitative estimate of drug-likeness (QED) is 0.667. The Morgan fingerprint density at radius 1 is 1.00 bits per heavy atom. The normalized spacial score (nSPS) is 11.2. The Bertz CT molecular complexity index is 976. The lowest BCUT2D eigenvalue weighted by molar-refractivity contribution is 0.599. The SMILES string of the molecule is CCN(Cc1ccccc1)c1ccc(NS(=O)(=O)c2ccc(F)cc2)cn1. The number of aromatic nitrogens is 1. The molecule has 0 unspecified atom stereocenters. The number of halogens is 1. The van der Waals surface area contributed by atoms with Crippen LogP contribution in [0.2, 0.25) is 0 Å². The molecule has 0 amide bonds. The van der Waals surface area contributed by atoms with Crippen molar-refractivity contribution in [3.63, 3.8) is 0 Å². The average Bonchev–Trinajstić information content (AvgIpc) is 2.68. The molecule has 1 aromatic heterocycles. The van der Waals surface area contributed by atoms with Crippen LogP contribution in [0, 0.1) is 5.82 Å². The van der Waals surface area contributed by atoms with E-state index in [1.165, 1.54) is 23.9 Å². The van der Waals surface area contributed by atoms with Gasteiger partial charge in [0.1, 0.15) is 11.6 Å². The standard InChI is InChI=1S/C20H20FN3O2S/c1-2-24(15-16-6-4-3-5-7-16)20-13-10-18(14-22-20)23-27(25,26)19-11-8-17(21)9-12-19/h3-14,23H,2,15H2,1H3. The van der Waals surface area contributed by atoms with Crippen LogP contribution in [0.1, 0.15) is 12.5 Å². The van der Waals surface area contributed by atoms with Crippen molar-refractivity contribution in [3.05, 3.63) is 84.3 Å².